The summed E-state index contributed by atoms with van der Waals surface area (Å²) in [5.74, 6) is -2.41. The lowest BCUT2D eigenvalue weighted by Crippen LogP contribution is -2.71. The molecule has 1 unspecified atom stereocenters. The van der Waals surface area contributed by atoms with E-state index in [1.54, 1.807) is 0 Å². The summed E-state index contributed by atoms with van der Waals surface area (Å²) in [4.78, 5) is 47.6. The highest BCUT2D eigenvalue weighted by Crippen LogP contribution is 2.40. The number of nitrogens with zero attached hydrogens (tertiary/aromatic N) is 5. The number of oxime groups is 1. The number of carboxylic acid groups (broad SMARTS) is 1. The number of carboxylic acids is 1. The van der Waals surface area contributed by atoms with Crippen molar-refractivity contribution in [3.05, 3.63) is 59.8 Å². The molecule has 5 rings (SSSR count). The average molecular weight is 511 g/mol. The second-order valence-corrected chi connectivity index (χ2v) is 9.05. The molecule has 36 heavy (non-hydrogen) atoms. The van der Waals surface area contributed by atoms with Gasteiger partial charge in [0.05, 0.1) is 0 Å². The Balaban J connectivity index is 1.36. The van der Waals surface area contributed by atoms with E-state index < -0.39 is 29.2 Å². The molecule has 1 fully saturated rings. The molecule has 1 aromatic carbocycles. The quantitative estimate of drug-likeness (QED) is 0.168. The van der Waals surface area contributed by atoms with E-state index in [-0.39, 0.29) is 23.2 Å². The van der Waals surface area contributed by atoms with Crippen molar-refractivity contribution in [2.75, 3.05) is 18.6 Å². The maximum atomic E-state index is 13.0. The summed E-state index contributed by atoms with van der Waals surface area (Å²) < 4.78 is 6.55. The molecule has 2 aliphatic rings. The van der Waals surface area contributed by atoms with Crippen molar-refractivity contribution in [2.24, 2.45) is 5.16 Å². The number of β-lactam (4-membered cyclic amide) rings is 1. The number of carbonyl (C=O) groups excluding carboxylic acids is 2. The van der Waals surface area contributed by atoms with Crippen LogP contribution in [-0.2, 0) is 25.8 Å². The van der Waals surface area contributed by atoms with Crippen LogP contribution in [0, 0.1) is 0 Å². The number of hydrogen-bond donors (Lipinski definition) is 3. The van der Waals surface area contributed by atoms with Crippen molar-refractivity contribution < 1.29 is 33.4 Å². The number of amides is 2. The Bertz CT molecular complexity index is 1450. The van der Waals surface area contributed by atoms with Gasteiger partial charge in [-0.05, 0) is 11.5 Å². The van der Waals surface area contributed by atoms with Crippen LogP contribution in [0.3, 0.4) is 0 Å². The normalized spacial score (nSPS) is 19.6. The maximum Gasteiger partial charge on any atom is 0.352 e. The van der Waals surface area contributed by atoms with Crippen molar-refractivity contribution in [1.82, 2.24) is 20.4 Å². The summed E-state index contributed by atoms with van der Waals surface area (Å²) in [6.07, 6.45) is 3.80. The Morgan fingerprint density at radius 2 is 2.14 bits per heavy atom. The van der Waals surface area contributed by atoms with Gasteiger partial charge in [0.15, 0.2) is 18.9 Å². The first kappa shape index (κ1) is 23.3. The van der Waals surface area contributed by atoms with E-state index in [1.807, 2.05) is 47.3 Å². The zero-order valence-corrected chi connectivity index (χ0v) is 19.6. The molecule has 0 bridgehead atoms. The number of pyridine rings is 1. The molecule has 2 atom stereocenters. The van der Waals surface area contributed by atoms with Crippen molar-refractivity contribution in [2.45, 2.75) is 18.0 Å². The molecule has 14 heteroatoms. The summed E-state index contributed by atoms with van der Waals surface area (Å²) in [7, 11) is 1.23. The van der Waals surface area contributed by atoms with Gasteiger partial charge in [-0.15, -0.1) is 11.8 Å². The molecule has 2 aliphatic heterocycles. The number of anilines is 1. The van der Waals surface area contributed by atoms with Gasteiger partial charge in [0.2, 0.25) is 11.5 Å². The summed E-state index contributed by atoms with van der Waals surface area (Å²) in [6.45, 7) is 0.302. The van der Waals surface area contributed by atoms with E-state index in [1.165, 1.54) is 23.8 Å². The predicted molar refractivity (Wildman–Crippen MR) is 126 cm³/mol. The second kappa shape index (κ2) is 9.30. The summed E-state index contributed by atoms with van der Waals surface area (Å²) in [6, 6.07) is 8.54. The molecular formula is C22H20N7O6S+. The first-order valence-electron chi connectivity index (χ1n) is 10.7. The monoisotopic (exact) mass is 510 g/mol. The third-order valence-corrected chi connectivity index (χ3v) is 7.05. The Morgan fingerprint density at radius 1 is 1.36 bits per heavy atom. The van der Waals surface area contributed by atoms with Crippen molar-refractivity contribution in [3.63, 3.8) is 0 Å². The molecule has 4 heterocycles. The van der Waals surface area contributed by atoms with Gasteiger partial charge in [0.25, 0.3) is 11.8 Å². The number of nitrogen functional groups attached to an aromatic ring is 1. The van der Waals surface area contributed by atoms with Gasteiger partial charge in [-0.3, -0.25) is 14.5 Å². The average Bonchev–Trinajstić information content (AvgIpc) is 3.30. The minimum Gasteiger partial charge on any atom is -0.477 e. The Morgan fingerprint density at radius 3 is 2.83 bits per heavy atom. The van der Waals surface area contributed by atoms with Crippen LogP contribution >= 0.6 is 11.8 Å². The number of benzene rings is 1. The molecule has 0 saturated carbocycles. The van der Waals surface area contributed by atoms with Crippen LogP contribution in [0.25, 0.3) is 10.8 Å². The molecule has 0 spiro atoms. The summed E-state index contributed by atoms with van der Waals surface area (Å²) in [5.41, 5.74) is 5.58. The third-order valence-electron chi connectivity index (χ3n) is 5.71. The van der Waals surface area contributed by atoms with Crippen molar-refractivity contribution in [3.8, 4) is 0 Å². The lowest BCUT2D eigenvalue weighted by molar-refractivity contribution is -0.687. The highest BCUT2D eigenvalue weighted by molar-refractivity contribution is 8.00. The van der Waals surface area contributed by atoms with E-state index in [9.17, 15) is 19.5 Å². The smallest absolute Gasteiger partial charge is 0.352 e. The first-order valence-corrected chi connectivity index (χ1v) is 11.7. The minimum atomic E-state index is -1.21. The number of nitrogens with two attached hydrogens (primary N) is 1. The molecular weight excluding hydrogens is 490 g/mol. The van der Waals surface area contributed by atoms with Crippen LogP contribution in [0.4, 0.5) is 6.01 Å². The first-order chi connectivity index (χ1) is 17.4. The lowest BCUT2D eigenvalue weighted by atomic mass is 10.0. The fraction of sp³-hybridized carbons (Fsp3) is 0.227. The Labute approximate surface area is 207 Å². The minimum absolute atomic E-state index is 0.0772. The molecule has 3 aromatic rings. The fourth-order valence-corrected chi connectivity index (χ4v) is 5.45. The molecule has 1 saturated heterocycles. The maximum absolute atomic E-state index is 13.0. The lowest BCUT2D eigenvalue weighted by Gasteiger charge is -2.49. The van der Waals surface area contributed by atoms with E-state index in [0.717, 1.165) is 10.8 Å². The molecule has 4 N–H and O–H groups in total. The van der Waals surface area contributed by atoms with Gasteiger partial charge in [-0.1, -0.05) is 28.5 Å². The van der Waals surface area contributed by atoms with Gasteiger partial charge in [-0.25, -0.2) is 9.36 Å². The number of fused-ring (bicyclic) bond motifs is 2. The van der Waals surface area contributed by atoms with Crippen molar-refractivity contribution >= 4 is 52.0 Å². The number of thioether (sulfide) groups is 1. The summed E-state index contributed by atoms with van der Waals surface area (Å²) in [5, 5.41) is 21.1. The SMILES string of the molecule is CON=C(C(=O)NC1C(=O)N2C(C(=O)O)=C(C[n+]3ccc4ccccc4c3)CS[C@@H]12)c1noc(N)n1. The van der Waals surface area contributed by atoms with Gasteiger partial charge in [0, 0.05) is 22.8 Å². The number of aromatic nitrogens is 3. The number of aliphatic carboxylic acids is 1. The topological polar surface area (TPSA) is 177 Å². The second-order valence-electron chi connectivity index (χ2n) is 7.94. The zero-order chi connectivity index (χ0) is 25.4. The molecule has 2 aromatic heterocycles. The Kier molecular flexibility index (Phi) is 6.01. The third kappa shape index (κ3) is 4.11. The number of hydrogen-bond acceptors (Lipinski definition) is 10. The van der Waals surface area contributed by atoms with Crippen LogP contribution < -0.4 is 15.6 Å². The highest BCUT2D eigenvalue weighted by atomic mass is 32.2. The number of rotatable bonds is 7. The van der Waals surface area contributed by atoms with Crippen LogP contribution in [0.2, 0.25) is 0 Å². The van der Waals surface area contributed by atoms with Crippen LogP contribution in [0.5, 0.6) is 0 Å². The van der Waals surface area contributed by atoms with Crippen molar-refractivity contribution in [1.29, 1.82) is 0 Å². The van der Waals surface area contributed by atoms with Gasteiger partial charge < -0.3 is 25.5 Å². The van der Waals surface area contributed by atoms with Gasteiger partial charge in [0.1, 0.15) is 24.2 Å². The molecule has 184 valence electrons. The molecule has 0 aliphatic carbocycles. The summed E-state index contributed by atoms with van der Waals surface area (Å²) >= 11 is 1.36. The Hall–Kier alpha value is -4.46. The number of nitrogens with one attached hydrogen (secondary N) is 1. The van der Waals surface area contributed by atoms with E-state index >= 15 is 0 Å². The standard InChI is InChI=1S/C22H19N7O6S/c1-34-26-14(17-25-22(23)35-27-17)18(30)24-15-19(31)29-16(21(32)33)13(10-36-20(15)29)9-28-7-6-11-4-2-3-5-12(11)8-28/h2-8,15,20H,9-10H2,1H3,(H3-,23,24,25,27,30,32,33)/p+1/t15?,20-/m0/s1. The van der Waals surface area contributed by atoms with E-state index in [4.69, 9.17) is 5.73 Å². The van der Waals surface area contributed by atoms with Crippen LogP contribution in [-0.4, -0.2) is 67.9 Å². The predicted octanol–water partition coefficient (Wildman–Crippen LogP) is -0.118. The highest BCUT2D eigenvalue weighted by Gasteiger charge is 2.55. The molecule has 0 radical (unpaired) electrons. The number of carbonyl (C=O) groups is 3. The van der Waals surface area contributed by atoms with Gasteiger partial charge >= 0.3 is 12.0 Å². The van der Waals surface area contributed by atoms with Crippen LogP contribution in [0.1, 0.15) is 5.82 Å². The van der Waals surface area contributed by atoms with Gasteiger partial charge in [-0.2, -0.15) is 4.98 Å². The molecule has 13 nitrogen and oxygen atoms in total. The van der Waals surface area contributed by atoms with E-state index in [2.05, 4.69) is 30.0 Å². The fourth-order valence-electron chi connectivity index (χ4n) is 4.12. The molecule has 2 amide bonds. The van der Waals surface area contributed by atoms with Crippen LogP contribution in [0.15, 0.2) is 63.7 Å². The zero-order valence-electron chi connectivity index (χ0n) is 18.8. The van der Waals surface area contributed by atoms with E-state index in [0.29, 0.717) is 17.9 Å². The largest absolute Gasteiger partial charge is 0.477 e.